The third-order valence-corrected chi connectivity index (χ3v) is 2.67. The van der Waals surface area contributed by atoms with Gasteiger partial charge in [0.25, 0.3) is 0 Å². The predicted octanol–water partition coefficient (Wildman–Crippen LogP) is 1.38. The SMILES string of the molecule is Cc1cccc(C(C)(C)CNC(=O)CO)c1. The summed E-state index contributed by atoms with van der Waals surface area (Å²) in [6.07, 6.45) is 0. The van der Waals surface area contributed by atoms with E-state index in [1.807, 2.05) is 19.1 Å². The lowest BCUT2D eigenvalue weighted by Crippen LogP contribution is -2.37. The van der Waals surface area contributed by atoms with Crippen molar-refractivity contribution in [1.29, 1.82) is 0 Å². The molecule has 0 unspecified atom stereocenters. The molecular weight excluding hydrogens is 202 g/mol. The molecule has 3 heteroatoms. The summed E-state index contributed by atoms with van der Waals surface area (Å²) in [4.78, 5) is 11.0. The zero-order valence-corrected chi connectivity index (χ0v) is 10.1. The topological polar surface area (TPSA) is 49.3 Å². The summed E-state index contributed by atoms with van der Waals surface area (Å²) in [7, 11) is 0. The highest BCUT2D eigenvalue weighted by Crippen LogP contribution is 2.22. The molecule has 2 N–H and O–H groups in total. The van der Waals surface area contributed by atoms with Crippen LogP contribution in [0.3, 0.4) is 0 Å². The van der Waals surface area contributed by atoms with Crippen LogP contribution in [0.2, 0.25) is 0 Å². The van der Waals surface area contributed by atoms with E-state index in [1.165, 1.54) is 11.1 Å². The molecule has 88 valence electrons. The first-order valence-electron chi connectivity index (χ1n) is 5.40. The molecule has 0 fully saturated rings. The summed E-state index contributed by atoms with van der Waals surface area (Å²) in [6, 6.07) is 8.23. The van der Waals surface area contributed by atoms with Gasteiger partial charge in [0.15, 0.2) is 0 Å². The van der Waals surface area contributed by atoms with Gasteiger partial charge >= 0.3 is 0 Å². The number of hydrogen-bond donors (Lipinski definition) is 2. The summed E-state index contributed by atoms with van der Waals surface area (Å²) in [5.74, 6) is -0.333. The Hall–Kier alpha value is -1.35. The van der Waals surface area contributed by atoms with Crippen molar-refractivity contribution in [3.8, 4) is 0 Å². The van der Waals surface area contributed by atoms with Gasteiger partial charge in [-0.25, -0.2) is 0 Å². The number of rotatable bonds is 4. The highest BCUT2D eigenvalue weighted by atomic mass is 16.3. The number of aliphatic hydroxyl groups excluding tert-OH is 1. The molecule has 0 aromatic heterocycles. The second-order valence-corrected chi connectivity index (χ2v) is 4.69. The summed E-state index contributed by atoms with van der Waals surface area (Å²) in [5, 5.41) is 11.3. The number of aliphatic hydroxyl groups is 1. The van der Waals surface area contributed by atoms with Gasteiger partial charge in [-0.1, -0.05) is 43.7 Å². The van der Waals surface area contributed by atoms with Crippen LogP contribution in [0.25, 0.3) is 0 Å². The largest absolute Gasteiger partial charge is 0.387 e. The summed E-state index contributed by atoms with van der Waals surface area (Å²) >= 11 is 0. The molecule has 0 spiro atoms. The molecule has 1 amide bonds. The van der Waals surface area contributed by atoms with Crippen molar-refractivity contribution in [2.75, 3.05) is 13.2 Å². The Kier molecular flexibility index (Phi) is 4.07. The van der Waals surface area contributed by atoms with Gasteiger partial charge in [0.1, 0.15) is 6.61 Å². The minimum Gasteiger partial charge on any atom is -0.387 e. The van der Waals surface area contributed by atoms with E-state index in [0.29, 0.717) is 6.54 Å². The van der Waals surface area contributed by atoms with Crippen LogP contribution < -0.4 is 5.32 Å². The van der Waals surface area contributed by atoms with Crippen molar-refractivity contribution in [2.24, 2.45) is 0 Å². The highest BCUT2D eigenvalue weighted by molar-refractivity contribution is 5.76. The van der Waals surface area contributed by atoms with Gasteiger partial charge in [-0.3, -0.25) is 4.79 Å². The number of carbonyl (C=O) groups excluding carboxylic acids is 1. The molecule has 0 saturated heterocycles. The zero-order valence-electron chi connectivity index (χ0n) is 10.1. The highest BCUT2D eigenvalue weighted by Gasteiger charge is 2.21. The first kappa shape index (κ1) is 12.7. The fraction of sp³-hybridized carbons (Fsp3) is 0.462. The smallest absolute Gasteiger partial charge is 0.245 e. The number of amides is 1. The Bertz CT molecular complexity index is 372. The second-order valence-electron chi connectivity index (χ2n) is 4.69. The van der Waals surface area contributed by atoms with Gasteiger partial charge in [0, 0.05) is 12.0 Å². The number of nitrogens with one attached hydrogen (secondary N) is 1. The van der Waals surface area contributed by atoms with E-state index < -0.39 is 6.61 Å². The molecule has 0 heterocycles. The molecule has 0 aliphatic rings. The number of benzene rings is 1. The molecule has 1 rings (SSSR count). The van der Waals surface area contributed by atoms with E-state index in [-0.39, 0.29) is 11.3 Å². The monoisotopic (exact) mass is 221 g/mol. The van der Waals surface area contributed by atoms with Crippen molar-refractivity contribution in [3.63, 3.8) is 0 Å². The van der Waals surface area contributed by atoms with Crippen LogP contribution in [-0.4, -0.2) is 24.2 Å². The first-order valence-corrected chi connectivity index (χ1v) is 5.40. The van der Waals surface area contributed by atoms with Crippen molar-refractivity contribution >= 4 is 5.91 Å². The first-order chi connectivity index (χ1) is 7.45. The van der Waals surface area contributed by atoms with Crippen molar-refractivity contribution in [1.82, 2.24) is 5.32 Å². The average Bonchev–Trinajstić information content (AvgIpc) is 2.26. The van der Waals surface area contributed by atoms with Gasteiger partial charge in [-0.15, -0.1) is 0 Å². The van der Waals surface area contributed by atoms with Crippen LogP contribution in [0.5, 0.6) is 0 Å². The molecule has 1 aromatic carbocycles. The number of aryl methyl sites for hydroxylation is 1. The molecule has 0 radical (unpaired) electrons. The Morgan fingerprint density at radius 2 is 2.12 bits per heavy atom. The third kappa shape index (κ3) is 3.35. The normalized spacial score (nSPS) is 11.2. The van der Waals surface area contributed by atoms with Crippen LogP contribution >= 0.6 is 0 Å². The molecular formula is C13H19NO2. The predicted molar refractivity (Wildman–Crippen MR) is 64.3 cm³/mol. The quantitative estimate of drug-likeness (QED) is 0.807. The summed E-state index contributed by atoms with van der Waals surface area (Å²) in [5.41, 5.74) is 2.27. The maximum atomic E-state index is 11.0. The standard InChI is InChI=1S/C13H19NO2/c1-10-5-4-6-11(7-10)13(2,3)9-14-12(16)8-15/h4-7,15H,8-9H2,1-3H3,(H,14,16). The minimum absolute atomic E-state index is 0.128. The number of hydrogen-bond acceptors (Lipinski definition) is 2. The van der Waals surface area contributed by atoms with Crippen LogP contribution in [0.4, 0.5) is 0 Å². The van der Waals surface area contributed by atoms with Gasteiger partial charge in [0.05, 0.1) is 0 Å². The maximum Gasteiger partial charge on any atom is 0.245 e. The van der Waals surface area contributed by atoms with E-state index in [1.54, 1.807) is 0 Å². The van der Waals surface area contributed by atoms with Crippen LogP contribution in [0.1, 0.15) is 25.0 Å². The third-order valence-electron chi connectivity index (χ3n) is 2.67. The lowest BCUT2D eigenvalue weighted by Gasteiger charge is -2.25. The number of carbonyl (C=O) groups is 1. The second kappa shape index (κ2) is 5.12. The molecule has 16 heavy (non-hydrogen) atoms. The summed E-state index contributed by atoms with van der Waals surface area (Å²) < 4.78 is 0. The van der Waals surface area contributed by atoms with E-state index in [4.69, 9.17) is 5.11 Å². The molecule has 3 nitrogen and oxygen atoms in total. The van der Waals surface area contributed by atoms with Crippen LogP contribution in [0.15, 0.2) is 24.3 Å². The lowest BCUT2D eigenvalue weighted by atomic mass is 9.84. The van der Waals surface area contributed by atoms with E-state index in [0.717, 1.165) is 0 Å². The molecule has 0 bridgehead atoms. The van der Waals surface area contributed by atoms with Crippen molar-refractivity contribution in [3.05, 3.63) is 35.4 Å². The van der Waals surface area contributed by atoms with Crippen LogP contribution in [-0.2, 0) is 10.2 Å². The molecule has 0 aliphatic carbocycles. The van der Waals surface area contributed by atoms with E-state index >= 15 is 0 Å². The summed E-state index contributed by atoms with van der Waals surface area (Å²) in [6.45, 7) is 6.25. The van der Waals surface area contributed by atoms with Crippen molar-refractivity contribution < 1.29 is 9.90 Å². The van der Waals surface area contributed by atoms with Crippen molar-refractivity contribution in [2.45, 2.75) is 26.2 Å². The van der Waals surface area contributed by atoms with Gasteiger partial charge < -0.3 is 10.4 Å². The minimum atomic E-state index is -0.454. The zero-order chi connectivity index (χ0) is 12.2. The average molecular weight is 221 g/mol. The Morgan fingerprint density at radius 3 is 2.69 bits per heavy atom. The fourth-order valence-electron chi connectivity index (χ4n) is 1.54. The Labute approximate surface area is 96.5 Å². The Balaban J connectivity index is 2.73. The lowest BCUT2D eigenvalue weighted by molar-refractivity contribution is -0.124. The van der Waals surface area contributed by atoms with Gasteiger partial charge in [0.2, 0.25) is 5.91 Å². The van der Waals surface area contributed by atoms with E-state index in [9.17, 15) is 4.79 Å². The van der Waals surface area contributed by atoms with Crippen LogP contribution in [0, 0.1) is 6.92 Å². The fourth-order valence-corrected chi connectivity index (χ4v) is 1.54. The molecule has 0 aliphatic heterocycles. The molecule has 0 atom stereocenters. The Morgan fingerprint density at radius 1 is 1.44 bits per heavy atom. The maximum absolute atomic E-state index is 11.0. The van der Waals surface area contributed by atoms with E-state index in [2.05, 4.69) is 31.3 Å². The molecule has 1 aromatic rings. The van der Waals surface area contributed by atoms with Gasteiger partial charge in [-0.2, -0.15) is 0 Å². The van der Waals surface area contributed by atoms with Gasteiger partial charge in [-0.05, 0) is 12.5 Å². The molecule has 0 saturated carbocycles.